The van der Waals surface area contributed by atoms with Gasteiger partial charge in [0, 0.05) is 24.2 Å². The molecule has 0 saturated heterocycles. The van der Waals surface area contributed by atoms with Gasteiger partial charge in [0.05, 0.1) is 25.6 Å². The van der Waals surface area contributed by atoms with E-state index in [1.807, 2.05) is 37.4 Å². The monoisotopic (exact) mass is 409 g/mol. The number of aromatic nitrogens is 2. The van der Waals surface area contributed by atoms with Crippen LogP contribution in [0.4, 0.5) is 5.95 Å². The van der Waals surface area contributed by atoms with Crippen molar-refractivity contribution in [3.05, 3.63) is 54.2 Å². The largest absolute Gasteiger partial charge is 0.504 e. The molecular formula is C24H31N3O3. The number of aromatic hydroxyl groups is 1. The lowest BCUT2D eigenvalue weighted by Crippen LogP contribution is -2.13. The maximum atomic E-state index is 10.4. The minimum absolute atomic E-state index is 0.152. The predicted molar refractivity (Wildman–Crippen MR) is 120 cm³/mol. The topological polar surface area (TPSA) is 68.5 Å². The smallest absolute Gasteiger partial charge is 0.203 e. The van der Waals surface area contributed by atoms with Crippen LogP contribution in [0.2, 0.25) is 0 Å². The maximum absolute atomic E-state index is 10.4. The summed E-state index contributed by atoms with van der Waals surface area (Å²) in [5.41, 5.74) is 2.90. The number of anilines is 1. The molecule has 0 fully saturated rings. The molecule has 0 aliphatic carbocycles. The Labute approximate surface area is 178 Å². The first-order valence-corrected chi connectivity index (χ1v) is 10.4. The van der Waals surface area contributed by atoms with Crippen molar-refractivity contribution < 1.29 is 14.6 Å². The quantitative estimate of drug-likeness (QED) is 0.474. The second-order valence-corrected chi connectivity index (χ2v) is 7.37. The van der Waals surface area contributed by atoms with Gasteiger partial charge in [0.2, 0.25) is 5.95 Å². The van der Waals surface area contributed by atoms with Crippen LogP contribution in [0.5, 0.6) is 17.2 Å². The van der Waals surface area contributed by atoms with Crippen molar-refractivity contribution in [2.75, 3.05) is 19.0 Å². The summed E-state index contributed by atoms with van der Waals surface area (Å²) >= 11 is 0. The Bertz CT molecular complexity index is 951. The molecule has 30 heavy (non-hydrogen) atoms. The number of hydrogen-bond donors (Lipinski definition) is 2. The number of hydrogen-bond acceptors (Lipinski definition) is 5. The van der Waals surface area contributed by atoms with Crippen molar-refractivity contribution in [3.8, 4) is 28.5 Å². The highest BCUT2D eigenvalue weighted by Crippen LogP contribution is 2.31. The van der Waals surface area contributed by atoms with Crippen LogP contribution < -0.4 is 14.8 Å². The molecule has 1 heterocycles. The molecule has 0 amide bonds. The lowest BCUT2D eigenvalue weighted by molar-refractivity contribution is 0.340. The molecule has 0 aliphatic heterocycles. The van der Waals surface area contributed by atoms with Gasteiger partial charge in [-0.15, -0.1) is 0 Å². The van der Waals surface area contributed by atoms with Gasteiger partial charge < -0.3 is 24.5 Å². The Hall–Kier alpha value is -3.15. The lowest BCUT2D eigenvalue weighted by atomic mass is 10.1. The molecule has 0 spiro atoms. The normalized spacial score (nSPS) is 11.9. The van der Waals surface area contributed by atoms with Gasteiger partial charge in [0.15, 0.2) is 11.5 Å². The van der Waals surface area contributed by atoms with Crippen LogP contribution in [0.25, 0.3) is 11.3 Å². The summed E-state index contributed by atoms with van der Waals surface area (Å²) < 4.78 is 13.0. The first-order chi connectivity index (χ1) is 14.6. The average molecular weight is 410 g/mol. The highest BCUT2D eigenvalue weighted by atomic mass is 16.5. The van der Waals surface area contributed by atoms with Crippen LogP contribution in [0.15, 0.2) is 48.7 Å². The van der Waals surface area contributed by atoms with E-state index in [0.29, 0.717) is 24.8 Å². The van der Waals surface area contributed by atoms with Crippen molar-refractivity contribution in [1.82, 2.24) is 9.55 Å². The minimum atomic E-state index is 0.152. The van der Waals surface area contributed by atoms with Gasteiger partial charge in [-0.1, -0.05) is 32.4 Å². The second kappa shape index (κ2) is 10.1. The third-order valence-electron chi connectivity index (χ3n) is 5.25. The number of nitrogens with zero attached hydrogens (tertiary/aromatic N) is 2. The van der Waals surface area contributed by atoms with Gasteiger partial charge in [-0.05, 0) is 43.2 Å². The number of benzene rings is 2. The van der Waals surface area contributed by atoms with E-state index in [4.69, 9.17) is 9.47 Å². The van der Waals surface area contributed by atoms with E-state index in [2.05, 4.69) is 40.8 Å². The first kappa shape index (κ1) is 21.6. The summed E-state index contributed by atoms with van der Waals surface area (Å²) in [6.45, 7) is 8.36. The number of imidazole rings is 1. The molecule has 1 atom stereocenters. The van der Waals surface area contributed by atoms with E-state index in [9.17, 15) is 5.11 Å². The van der Waals surface area contributed by atoms with E-state index in [0.717, 1.165) is 41.5 Å². The number of phenolic OH excluding ortho intramolecular Hbond substituents is 1. The van der Waals surface area contributed by atoms with Crippen molar-refractivity contribution in [1.29, 1.82) is 0 Å². The van der Waals surface area contributed by atoms with E-state index < -0.39 is 0 Å². The fourth-order valence-electron chi connectivity index (χ4n) is 3.31. The lowest BCUT2D eigenvalue weighted by Gasteiger charge is -2.17. The average Bonchev–Trinajstić information content (AvgIpc) is 3.16. The Kier molecular flexibility index (Phi) is 7.22. The number of methoxy groups -OCH3 is 1. The Balaban J connectivity index is 1.87. The van der Waals surface area contributed by atoms with Crippen LogP contribution >= 0.6 is 0 Å². The van der Waals surface area contributed by atoms with Crippen LogP contribution in [0.1, 0.15) is 32.8 Å². The molecule has 0 radical (unpaired) electrons. The SMILES string of the molecule is CCOc1ccc(-c2cnc(NCc3cccc(OC)c3O)n2CC(C)CC)cc1. The summed E-state index contributed by atoms with van der Waals surface area (Å²) in [5, 5.41) is 13.8. The molecule has 6 heteroatoms. The van der Waals surface area contributed by atoms with Crippen molar-refractivity contribution in [2.24, 2.45) is 5.92 Å². The molecule has 1 unspecified atom stereocenters. The summed E-state index contributed by atoms with van der Waals surface area (Å²) in [7, 11) is 1.55. The molecule has 6 nitrogen and oxygen atoms in total. The van der Waals surface area contributed by atoms with Gasteiger partial charge in [-0.25, -0.2) is 4.98 Å². The van der Waals surface area contributed by atoms with Gasteiger partial charge in [-0.2, -0.15) is 0 Å². The Morgan fingerprint density at radius 1 is 1.13 bits per heavy atom. The maximum Gasteiger partial charge on any atom is 0.203 e. The number of ether oxygens (including phenoxy) is 2. The molecule has 2 N–H and O–H groups in total. The molecule has 0 bridgehead atoms. The fourth-order valence-corrected chi connectivity index (χ4v) is 3.31. The highest BCUT2D eigenvalue weighted by Gasteiger charge is 2.15. The molecule has 0 saturated carbocycles. The summed E-state index contributed by atoms with van der Waals surface area (Å²) in [6.07, 6.45) is 2.98. The van der Waals surface area contributed by atoms with Gasteiger partial charge in [0.25, 0.3) is 0 Å². The summed E-state index contributed by atoms with van der Waals surface area (Å²) in [6, 6.07) is 13.6. The molecule has 160 valence electrons. The van der Waals surface area contributed by atoms with Crippen LogP contribution in [-0.2, 0) is 13.1 Å². The molecule has 3 rings (SSSR count). The van der Waals surface area contributed by atoms with Crippen molar-refractivity contribution >= 4 is 5.95 Å². The standard InChI is InChI=1S/C24H31N3O3/c1-5-17(3)16-27-21(18-10-12-20(13-11-18)30-6-2)15-26-24(27)25-14-19-8-7-9-22(29-4)23(19)28/h7-13,15,17,28H,5-6,14,16H2,1-4H3,(H,25,26). The third-order valence-corrected chi connectivity index (χ3v) is 5.25. The van der Waals surface area contributed by atoms with Crippen LogP contribution in [0.3, 0.4) is 0 Å². The Morgan fingerprint density at radius 2 is 1.90 bits per heavy atom. The highest BCUT2D eigenvalue weighted by molar-refractivity contribution is 5.62. The number of phenols is 1. The molecule has 0 aliphatic rings. The van der Waals surface area contributed by atoms with Crippen LogP contribution in [-0.4, -0.2) is 28.4 Å². The zero-order valence-electron chi connectivity index (χ0n) is 18.2. The van der Waals surface area contributed by atoms with E-state index in [-0.39, 0.29) is 5.75 Å². The zero-order valence-corrected chi connectivity index (χ0v) is 18.2. The number of para-hydroxylation sites is 1. The molecule has 3 aromatic rings. The Morgan fingerprint density at radius 3 is 2.57 bits per heavy atom. The van der Waals surface area contributed by atoms with E-state index in [1.165, 1.54) is 0 Å². The molecular weight excluding hydrogens is 378 g/mol. The predicted octanol–water partition coefficient (Wildman–Crippen LogP) is 5.32. The van der Waals surface area contributed by atoms with Gasteiger partial charge in [-0.3, -0.25) is 0 Å². The molecule has 1 aromatic heterocycles. The van der Waals surface area contributed by atoms with E-state index in [1.54, 1.807) is 13.2 Å². The summed E-state index contributed by atoms with van der Waals surface area (Å²) in [5.74, 6) is 2.76. The van der Waals surface area contributed by atoms with Crippen molar-refractivity contribution in [2.45, 2.75) is 40.3 Å². The number of nitrogens with one attached hydrogen (secondary N) is 1. The summed E-state index contributed by atoms with van der Waals surface area (Å²) in [4.78, 5) is 4.63. The fraction of sp³-hybridized carbons (Fsp3) is 0.375. The third kappa shape index (κ3) is 4.87. The zero-order chi connectivity index (χ0) is 21.5. The first-order valence-electron chi connectivity index (χ1n) is 10.4. The van der Waals surface area contributed by atoms with Crippen LogP contribution in [0, 0.1) is 5.92 Å². The minimum Gasteiger partial charge on any atom is -0.504 e. The van der Waals surface area contributed by atoms with Gasteiger partial charge >= 0.3 is 0 Å². The second-order valence-electron chi connectivity index (χ2n) is 7.37. The van der Waals surface area contributed by atoms with Gasteiger partial charge in [0.1, 0.15) is 5.75 Å². The van der Waals surface area contributed by atoms with E-state index >= 15 is 0 Å². The number of rotatable bonds is 10. The van der Waals surface area contributed by atoms with Crippen molar-refractivity contribution in [3.63, 3.8) is 0 Å². The molecule has 2 aromatic carbocycles.